The Hall–Kier alpha value is -2.89. The van der Waals surface area contributed by atoms with Gasteiger partial charge in [-0.3, -0.25) is 0 Å². The van der Waals surface area contributed by atoms with Gasteiger partial charge in [0.1, 0.15) is 16.5 Å². The number of nitrogens with one attached hydrogen (secondary N) is 2. The SMILES string of the molecule is CN(C)S(=O)(=O)c1ccc(Nc2cc(NC3CCC(N)CC3)nn3ccnc23)cc1O. The standard InChI is InChI=1S/C20H27N7O3S/c1-26(2)31(29,30)18-8-7-15(11-17(18)28)23-16-12-19(25-27-10-9-22-20(16)27)24-14-5-3-13(21)4-6-14/h7-14,23,28H,3-6,21H2,1-2H3,(H,24,25). The van der Waals surface area contributed by atoms with Crippen molar-refractivity contribution in [3.63, 3.8) is 0 Å². The normalized spacial score (nSPS) is 19.6. The summed E-state index contributed by atoms with van der Waals surface area (Å²) in [6.45, 7) is 0. The van der Waals surface area contributed by atoms with Crippen LogP contribution in [0.15, 0.2) is 41.6 Å². The fourth-order valence-corrected chi connectivity index (χ4v) is 4.67. The van der Waals surface area contributed by atoms with Gasteiger partial charge in [0.2, 0.25) is 10.0 Å². The highest BCUT2D eigenvalue weighted by molar-refractivity contribution is 7.89. The molecule has 0 atom stereocenters. The lowest BCUT2D eigenvalue weighted by atomic mass is 9.92. The molecule has 11 heteroatoms. The molecule has 0 saturated heterocycles. The number of sulfonamides is 1. The minimum absolute atomic E-state index is 0.151. The van der Waals surface area contributed by atoms with Gasteiger partial charge in [-0.15, -0.1) is 5.10 Å². The number of hydrogen-bond donors (Lipinski definition) is 4. The highest BCUT2D eigenvalue weighted by atomic mass is 32.2. The number of anilines is 3. The molecule has 0 amide bonds. The van der Waals surface area contributed by atoms with E-state index in [4.69, 9.17) is 5.73 Å². The smallest absolute Gasteiger partial charge is 0.246 e. The van der Waals surface area contributed by atoms with Crippen molar-refractivity contribution in [3.8, 4) is 5.75 Å². The number of aromatic hydroxyl groups is 1. The Morgan fingerprint density at radius 3 is 2.61 bits per heavy atom. The van der Waals surface area contributed by atoms with E-state index in [1.807, 2.05) is 6.07 Å². The molecule has 0 unspecified atom stereocenters. The number of hydrogen-bond acceptors (Lipinski definition) is 8. The van der Waals surface area contributed by atoms with Gasteiger partial charge in [-0.25, -0.2) is 22.2 Å². The Bertz CT molecular complexity index is 1180. The van der Waals surface area contributed by atoms with E-state index in [2.05, 4.69) is 20.7 Å². The Morgan fingerprint density at radius 1 is 1.19 bits per heavy atom. The van der Waals surface area contributed by atoms with Crippen molar-refractivity contribution in [2.75, 3.05) is 24.7 Å². The lowest BCUT2D eigenvalue weighted by Gasteiger charge is -2.27. The summed E-state index contributed by atoms with van der Waals surface area (Å²) in [5, 5.41) is 21.6. The van der Waals surface area contributed by atoms with E-state index in [0.29, 0.717) is 28.9 Å². The average molecular weight is 446 g/mol. The van der Waals surface area contributed by atoms with Crippen molar-refractivity contribution in [2.24, 2.45) is 5.73 Å². The van der Waals surface area contributed by atoms with Crippen LogP contribution in [-0.2, 0) is 10.0 Å². The molecule has 1 fully saturated rings. The van der Waals surface area contributed by atoms with Gasteiger partial charge in [0, 0.05) is 56.4 Å². The molecule has 0 bridgehead atoms. The van der Waals surface area contributed by atoms with Crippen LogP contribution in [0.3, 0.4) is 0 Å². The molecule has 166 valence electrons. The van der Waals surface area contributed by atoms with Crippen LogP contribution in [0.5, 0.6) is 5.75 Å². The van der Waals surface area contributed by atoms with Crippen LogP contribution >= 0.6 is 0 Å². The van der Waals surface area contributed by atoms with Gasteiger partial charge >= 0.3 is 0 Å². The number of fused-ring (bicyclic) bond motifs is 1. The third kappa shape index (κ3) is 4.43. The Kier molecular flexibility index (Phi) is 5.73. The summed E-state index contributed by atoms with van der Waals surface area (Å²) >= 11 is 0. The number of aromatic nitrogens is 3. The molecule has 0 radical (unpaired) electrons. The summed E-state index contributed by atoms with van der Waals surface area (Å²) < 4.78 is 27.4. The van der Waals surface area contributed by atoms with Crippen LogP contribution in [-0.4, -0.2) is 58.6 Å². The maximum atomic E-state index is 12.3. The maximum absolute atomic E-state index is 12.3. The quantitative estimate of drug-likeness (QED) is 0.453. The van der Waals surface area contributed by atoms with Crippen LogP contribution in [0.2, 0.25) is 0 Å². The van der Waals surface area contributed by atoms with Crippen molar-refractivity contribution in [2.45, 2.75) is 42.7 Å². The van der Waals surface area contributed by atoms with Gasteiger partial charge in [-0.05, 0) is 37.8 Å². The molecule has 10 nitrogen and oxygen atoms in total. The van der Waals surface area contributed by atoms with E-state index < -0.39 is 10.0 Å². The first-order valence-electron chi connectivity index (χ1n) is 10.1. The zero-order valence-corrected chi connectivity index (χ0v) is 18.3. The molecule has 4 rings (SSSR count). The number of imidazole rings is 1. The molecule has 1 aliphatic carbocycles. The molecule has 2 aromatic heterocycles. The predicted molar refractivity (Wildman–Crippen MR) is 119 cm³/mol. The summed E-state index contributed by atoms with van der Waals surface area (Å²) in [5.41, 5.74) is 7.82. The monoisotopic (exact) mass is 445 g/mol. The second-order valence-corrected chi connectivity index (χ2v) is 10.1. The largest absolute Gasteiger partial charge is 0.506 e. The Labute approximate surface area is 181 Å². The lowest BCUT2D eigenvalue weighted by molar-refractivity contribution is 0.410. The molecular formula is C20H27N7O3S. The fraction of sp³-hybridized carbons (Fsp3) is 0.400. The zero-order chi connectivity index (χ0) is 22.2. The number of nitrogens with two attached hydrogens (primary N) is 1. The minimum atomic E-state index is -3.74. The van der Waals surface area contributed by atoms with Crippen molar-refractivity contribution in [1.82, 2.24) is 18.9 Å². The molecular weight excluding hydrogens is 418 g/mol. The highest BCUT2D eigenvalue weighted by Crippen LogP contribution is 2.31. The van der Waals surface area contributed by atoms with Crippen molar-refractivity contribution < 1.29 is 13.5 Å². The first kappa shape index (κ1) is 21.3. The van der Waals surface area contributed by atoms with Gasteiger partial charge in [0.25, 0.3) is 0 Å². The molecule has 5 N–H and O–H groups in total. The molecule has 31 heavy (non-hydrogen) atoms. The summed E-state index contributed by atoms with van der Waals surface area (Å²) in [6, 6.07) is 6.80. The Balaban J connectivity index is 1.61. The van der Waals surface area contributed by atoms with E-state index in [-0.39, 0.29) is 16.7 Å². The van der Waals surface area contributed by atoms with Crippen LogP contribution in [0.25, 0.3) is 5.65 Å². The second kappa shape index (κ2) is 8.33. The molecule has 1 aliphatic rings. The van der Waals surface area contributed by atoms with Crippen molar-refractivity contribution in [1.29, 1.82) is 0 Å². The first-order valence-corrected chi connectivity index (χ1v) is 11.6. The maximum Gasteiger partial charge on any atom is 0.246 e. The van der Waals surface area contributed by atoms with Crippen molar-refractivity contribution in [3.05, 3.63) is 36.7 Å². The van der Waals surface area contributed by atoms with E-state index in [1.165, 1.54) is 26.2 Å². The van der Waals surface area contributed by atoms with E-state index in [0.717, 1.165) is 30.0 Å². The number of phenolic OH excluding ortho intramolecular Hbond substituents is 1. The molecule has 0 spiro atoms. The topological polar surface area (TPSA) is 138 Å². The van der Waals surface area contributed by atoms with Crippen LogP contribution in [0.1, 0.15) is 25.7 Å². The van der Waals surface area contributed by atoms with Gasteiger partial charge in [0.15, 0.2) is 5.65 Å². The van der Waals surface area contributed by atoms with Gasteiger partial charge in [0.05, 0.1) is 5.69 Å². The molecule has 3 aromatic rings. The summed E-state index contributed by atoms with van der Waals surface area (Å²) in [7, 11) is -0.904. The number of rotatable bonds is 6. The lowest BCUT2D eigenvalue weighted by Crippen LogP contribution is -2.33. The van der Waals surface area contributed by atoms with Gasteiger partial charge in [-0.2, -0.15) is 0 Å². The number of nitrogens with zero attached hydrogens (tertiary/aromatic N) is 4. The third-order valence-electron chi connectivity index (χ3n) is 5.48. The first-order chi connectivity index (χ1) is 14.7. The number of benzene rings is 1. The Morgan fingerprint density at radius 2 is 1.94 bits per heavy atom. The van der Waals surface area contributed by atoms with E-state index >= 15 is 0 Å². The minimum Gasteiger partial charge on any atom is -0.506 e. The number of phenols is 1. The van der Waals surface area contributed by atoms with Crippen LogP contribution in [0, 0.1) is 0 Å². The highest BCUT2D eigenvalue weighted by Gasteiger charge is 2.22. The van der Waals surface area contributed by atoms with Crippen LogP contribution < -0.4 is 16.4 Å². The van der Waals surface area contributed by atoms with E-state index in [9.17, 15) is 13.5 Å². The molecule has 2 heterocycles. The van der Waals surface area contributed by atoms with E-state index in [1.54, 1.807) is 23.0 Å². The van der Waals surface area contributed by atoms with Crippen LogP contribution in [0.4, 0.5) is 17.2 Å². The summed E-state index contributed by atoms with van der Waals surface area (Å²) in [5.74, 6) is 0.369. The van der Waals surface area contributed by atoms with Crippen molar-refractivity contribution >= 4 is 32.9 Å². The van der Waals surface area contributed by atoms with Gasteiger partial charge in [-0.1, -0.05) is 0 Å². The second-order valence-electron chi connectivity index (χ2n) is 7.99. The predicted octanol–water partition coefficient (Wildman–Crippen LogP) is 2.11. The fourth-order valence-electron chi connectivity index (χ4n) is 3.72. The molecule has 0 aliphatic heterocycles. The summed E-state index contributed by atoms with van der Waals surface area (Å²) in [6.07, 6.45) is 7.36. The molecule has 1 aromatic carbocycles. The third-order valence-corrected chi connectivity index (χ3v) is 7.34. The summed E-state index contributed by atoms with van der Waals surface area (Å²) in [4.78, 5) is 4.19. The molecule has 1 saturated carbocycles. The average Bonchev–Trinajstić information content (AvgIpc) is 3.18. The van der Waals surface area contributed by atoms with Gasteiger partial charge < -0.3 is 21.5 Å². The zero-order valence-electron chi connectivity index (χ0n) is 17.5.